The molecule has 0 atom stereocenters. The molecule has 10 nitrogen and oxygen atoms in total. The van der Waals surface area contributed by atoms with Crippen LogP contribution in [0.4, 0.5) is 16.2 Å². The van der Waals surface area contributed by atoms with Crippen LogP contribution in [0, 0.1) is 6.92 Å². The van der Waals surface area contributed by atoms with E-state index in [1.54, 1.807) is 12.1 Å². The second-order valence-corrected chi connectivity index (χ2v) is 10.9. The van der Waals surface area contributed by atoms with Gasteiger partial charge in [0.15, 0.2) is 0 Å². The van der Waals surface area contributed by atoms with E-state index < -0.39 is 10.0 Å². The summed E-state index contributed by atoms with van der Waals surface area (Å²) in [5.74, 6) is -0.214. The molecule has 0 unspecified atom stereocenters. The first-order chi connectivity index (χ1) is 17.7. The molecule has 0 spiro atoms. The number of pyridine rings is 1. The number of rotatable bonds is 8. The van der Waals surface area contributed by atoms with Crippen molar-refractivity contribution in [3.63, 3.8) is 0 Å². The molecule has 1 aliphatic rings. The molecule has 11 heteroatoms. The lowest BCUT2D eigenvalue weighted by molar-refractivity contribution is -0.114. The summed E-state index contributed by atoms with van der Waals surface area (Å²) < 4.78 is 28.3. The van der Waals surface area contributed by atoms with Gasteiger partial charge in [0.2, 0.25) is 15.9 Å². The zero-order valence-corrected chi connectivity index (χ0v) is 21.8. The number of benzene rings is 2. The number of fused-ring (bicyclic) bond motifs is 1. The van der Waals surface area contributed by atoms with E-state index in [-0.39, 0.29) is 22.9 Å². The van der Waals surface area contributed by atoms with Gasteiger partial charge in [0, 0.05) is 42.8 Å². The lowest BCUT2D eigenvalue weighted by Crippen LogP contribution is -2.46. The third kappa shape index (κ3) is 7.25. The lowest BCUT2D eigenvalue weighted by Gasteiger charge is -2.32. The van der Waals surface area contributed by atoms with Crippen molar-refractivity contribution < 1.29 is 18.0 Å². The molecule has 4 N–H and O–H groups in total. The predicted molar refractivity (Wildman–Crippen MR) is 144 cm³/mol. The molecule has 0 radical (unpaired) electrons. The standard InChI is InChI=1S/C26H32N6O4S/c1-18-17-25(23-5-3-4-6-24(23)28-18)30-26(34)27-13-16-32-14-11-21(12-15-32)31-37(35,36)22-9-7-20(8-10-22)29-19(2)33/h3-10,17,21,31H,11-16H2,1-2H3,(H,29,33)(H2,27,28,30,34). The average molecular weight is 525 g/mol. The van der Waals surface area contributed by atoms with Crippen LogP contribution in [0.15, 0.2) is 59.5 Å². The van der Waals surface area contributed by atoms with Gasteiger partial charge in [-0.1, -0.05) is 18.2 Å². The Bertz CT molecular complexity index is 1370. The molecule has 4 rings (SSSR count). The van der Waals surface area contributed by atoms with Crippen molar-refractivity contribution in [3.05, 3.63) is 60.3 Å². The summed E-state index contributed by atoms with van der Waals surface area (Å²) in [6.45, 7) is 5.90. The van der Waals surface area contributed by atoms with E-state index in [4.69, 9.17) is 0 Å². The van der Waals surface area contributed by atoms with Crippen LogP contribution >= 0.6 is 0 Å². The molecular weight excluding hydrogens is 492 g/mol. The number of likely N-dealkylation sites (tertiary alicyclic amines) is 1. The summed E-state index contributed by atoms with van der Waals surface area (Å²) in [6.07, 6.45) is 1.36. The summed E-state index contributed by atoms with van der Waals surface area (Å²) in [7, 11) is -3.65. The number of hydrogen-bond acceptors (Lipinski definition) is 6. The number of hydrogen-bond donors (Lipinski definition) is 4. The van der Waals surface area contributed by atoms with Gasteiger partial charge in [-0.05, 0) is 69.3 Å². The Kier molecular flexibility index (Phi) is 8.37. The smallest absolute Gasteiger partial charge is 0.319 e. The molecule has 37 heavy (non-hydrogen) atoms. The number of nitrogens with one attached hydrogen (secondary N) is 4. The summed E-state index contributed by atoms with van der Waals surface area (Å²) >= 11 is 0. The normalized spacial score (nSPS) is 14.9. The van der Waals surface area contributed by atoms with Crippen molar-refractivity contribution in [2.24, 2.45) is 0 Å². The van der Waals surface area contributed by atoms with Gasteiger partial charge in [-0.2, -0.15) is 0 Å². The Labute approximate surface area is 216 Å². The first-order valence-corrected chi connectivity index (χ1v) is 13.7. The predicted octanol–water partition coefficient (Wildman–Crippen LogP) is 3.07. The number of anilines is 2. The topological polar surface area (TPSA) is 133 Å². The minimum absolute atomic E-state index is 0.157. The fraction of sp³-hybridized carbons (Fsp3) is 0.346. The average Bonchev–Trinajstić information content (AvgIpc) is 2.85. The molecular formula is C26H32N6O4S. The van der Waals surface area contributed by atoms with E-state index in [2.05, 4.69) is 30.6 Å². The first-order valence-electron chi connectivity index (χ1n) is 12.2. The number of carbonyl (C=O) groups is 2. The van der Waals surface area contributed by atoms with Crippen LogP contribution < -0.4 is 20.7 Å². The summed E-state index contributed by atoms with van der Waals surface area (Å²) in [5.41, 5.74) is 2.93. The largest absolute Gasteiger partial charge is 0.337 e. The molecule has 2 aromatic carbocycles. The number of nitrogens with zero attached hydrogens (tertiary/aromatic N) is 2. The quantitative estimate of drug-likeness (QED) is 0.358. The Hall–Kier alpha value is -3.54. The van der Waals surface area contributed by atoms with Gasteiger partial charge in [0.25, 0.3) is 0 Å². The van der Waals surface area contributed by atoms with E-state index in [9.17, 15) is 18.0 Å². The van der Waals surface area contributed by atoms with Crippen LogP contribution in [0.3, 0.4) is 0 Å². The van der Waals surface area contributed by atoms with Crippen molar-refractivity contribution in [1.29, 1.82) is 0 Å². The van der Waals surface area contributed by atoms with Crippen LogP contribution in [0.1, 0.15) is 25.5 Å². The SMILES string of the molecule is CC(=O)Nc1ccc(S(=O)(=O)NC2CCN(CCNC(=O)Nc3cc(C)nc4ccccc34)CC2)cc1. The Balaban J connectivity index is 1.20. The molecule has 0 aliphatic carbocycles. The van der Waals surface area contributed by atoms with Crippen molar-refractivity contribution in [1.82, 2.24) is 19.9 Å². The van der Waals surface area contributed by atoms with Crippen molar-refractivity contribution in [2.45, 2.75) is 37.6 Å². The minimum Gasteiger partial charge on any atom is -0.337 e. The highest BCUT2D eigenvalue weighted by Gasteiger charge is 2.24. The van der Waals surface area contributed by atoms with E-state index in [1.165, 1.54) is 19.1 Å². The zero-order chi connectivity index (χ0) is 26.4. The van der Waals surface area contributed by atoms with Crippen molar-refractivity contribution in [3.8, 4) is 0 Å². The Morgan fingerprint density at radius 3 is 2.43 bits per heavy atom. The van der Waals surface area contributed by atoms with Crippen LogP contribution in [-0.4, -0.2) is 62.5 Å². The summed E-state index contributed by atoms with van der Waals surface area (Å²) in [5, 5.41) is 9.33. The molecule has 0 saturated carbocycles. The number of piperidine rings is 1. The van der Waals surface area contributed by atoms with Gasteiger partial charge >= 0.3 is 6.03 Å². The third-order valence-corrected chi connectivity index (χ3v) is 7.74. The molecule has 196 valence electrons. The fourth-order valence-corrected chi connectivity index (χ4v) is 5.69. The maximum atomic E-state index is 12.7. The van der Waals surface area contributed by atoms with Crippen molar-refractivity contribution in [2.75, 3.05) is 36.8 Å². The molecule has 3 amide bonds. The molecule has 3 aromatic rings. The fourth-order valence-electron chi connectivity index (χ4n) is 4.39. The molecule has 0 bridgehead atoms. The van der Waals surface area contributed by atoms with Crippen LogP contribution in [0.2, 0.25) is 0 Å². The maximum absolute atomic E-state index is 12.7. The van der Waals surface area contributed by atoms with Gasteiger partial charge in [-0.3, -0.25) is 9.78 Å². The van der Waals surface area contributed by atoms with E-state index in [0.717, 1.165) is 35.4 Å². The first kappa shape index (κ1) is 26.5. The maximum Gasteiger partial charge on any atom is 0.319 e. The number of sulfonamides is 1. The minimum atomic E-state index is -3.65. The summed E-state index contributed by atoms with van der Waals surface area (Å²) in [4.78, 5) is 30.5. The molecule has 2 heterocycles. The number of carbonyl (C=O) groups excluding carboxylic acids is 2. The monoisotopic (exact) mass is 524 g/mol. The lowest BCUT2D eigenvalue weighted by atomic mass is 10.1. The second kappa shape index (κ2) is 11.7. The molecule has 1 aromatic heterocycles. The summed E-state index contributed by atoms with van der Waals surface area (Å²) in [6, 6.07) is 15.2. The Morgan fingerprint density at radius 1 is 1.03 bits per heavy atom. The number of aromatic nitrogens is 1. The highest BCUT2D eigenvalue weighted by atomic mass is 32.2. The Morgan fingerprint density at radius 2 is 1.73 bits per heavy atom. The van der Waals surface area contributed by atoms with E-state index in [1.807, 2.05) is 37.3 Å². The highest BCUT2D eigenvalue weighted by Crippen LogP contribution is 2.23. The van der Waals surface area contributed by atoms with E-state index in [0.29, 0.717) is 31.6 Å². The number of amides is 3. The number of aryl methyl sites for hydroxylation is 1. The van der Waals surface area contributed by atoms with Crippen LogP contribution in [-0.2, 0) is 14.8 Å². The van der Waals surface area contributed by atoms with Crippen molar-refractivity contribution >= 4 is 44.2 Å². The van der Waals surface area contributed by atoms with Crippen LogP contribution in [0.5, 0.6) is 0 Å². The van der Waals surface area contributed by atoms with Crippen LogP contribution in [0.25, 0.3) is 10.9 Å². The zero-order valence-electron chi connectivity index (χ0n) is 21.0. The molecule has 1 fully saturated rings. The van der Waals surface area contributed by atoms with E-state index >= 15 is 0 Å². The number of para-hydroxylation sites is 1. The van der Waals surface area contributed by atoms with Gasteiger partial charge in [0.05, 0.1) is 16.1 Å². The molecule has 1 saturated heterocycles. The molecule has 1 aliphatic heterocycles. The second-order valence-electron chi connectivity index (χ2n) is 9.15. The third-order valence-electron chi connectivity index (χ3n) is 6.20. The highest BCUT2D eigenvalue weighted by molar-refractivity contribution is 7.89. The van der Waals surface area contributed by atoms with Gasteiger partial charge in [0.1, 0.15) is 0 Å². The number of urea groups is 1. The van der Waals surface area contributed by atoms with Gasteiger partial charge in [-0.15, -0.1) is 0 Å². The van der Waals surface area contributed by atoms with Gasteiger partial charge in [-0.25, -0.2) is 17.9 Å². The van der Waals surface area contributed by atoms with Gasteiger partial charge < -0.3 is 20.9 Å².